The van der Waals surface area contributed by atoms with E-state index in [1.807, 2.05) is 24.3 Å². The number of benzene rings is 3. The van der Waals surface area contributed by atoms with Gasteiger partial charge in [-0.3, -0.25) is 4.90 Å². The molecule has 3 aromatic rings. The van der Waals surface area contributed by atoms with E-state index in [9.17, 15) is 18.0 Å². The van der Waals surface area contributed by atoms with Crippen molar-refractivity contribution in [3.63, 3.8) is 0 Å². The fourth-order valence-corrected chi connectivity index (χ4v) is 5.66. The molecule has 2 aliphatic rings. The van der Waals surface area contributed by atoms with Crippen LogP contribution in [0.4, 0.5) is 13.2 Å². The van der Waals surface area contributed by atoms with Crippen LogP contribution >= 0.6 is 0 Å². The Morgan fingerprint density at radius 1 is 0.907 bits per heavy atom. The number of esters is 1. The maximum absolute atomic E-state index is 12.8. The number of hydrogen-bond acceptors (Lipinski definition) is 7. The first-order chi connectivity index (χ1) is 20.7. The molecule has 3 aromatic carbocycles. The predicted octanol–water partition coefficient (Wildman–Crippen LogP) is 5.37. The summed E-state index contributed by atoms with van der Waals surface area (Å²) in [5.74, 6) is 2.72. The lowest BCUT2D eigenvalue weighted by atomic mass is 10.1. The maximum atomic E-state index is 12.8. The molecule has 7 nitrogen and oxygen atoms in total. The number of likely N-dealkylation sites (tertiary alicyclic amines) is 1. The smallest absolute Gasteiger partial charge is 0.416 e. The molecule has 43 heavy (non-hydrogen) atoms. The van der Waals surface area contributed by atoms with Gasteiger partial charge in [-0.05, 0) is 78.4 Å². The van der Waals surface area contributed by atoms with Gasteiger partial charge in [0.25, 0.3) is 0 Å². The van der Waals surface area contributed by atoms with Crippen molar-refractivity contribution in [3.8, 4) is 17.2 Å². The van der Waals surface area contributed by atoms with E-state index in [1.54, 1.807) is 50.4 Å². The number of nitrogens with one attached hydrogen (secondary N) is 1. The molecular weight excluding hydrogens is 561 g/mol. The van der Waals surface area contributed by atoms with Gasteiger partial charge in [-0.15, -0.1) is 0 Å². The lowest BCUT2D eigenvalue weighted by molar-refractivity contribution is -0.151. The van der Waals surface area contributed by atoms with Gasteiger partial charge in [-0.2, -0.15) is 13.2 Å². The molecule has 1 unspecified atom stereocenters. The fraction of sp³-hybridized carbons (Fsp3) is 0.424. The van der Waals surface area contributed by atoms with Crippen molar-refractivity contribution in [2.45, 2.75) is 38.2 Å². The monoisotopic (exact) mass is 598 g/mol. The zero-order valence-corrected chi connectivity index (χ0v) is 24.3. The normalized spacial score (nSPS) is 20.3. The van der Waals surface area contributed by atoms with E-state index in [4.69, 9.17) is 18.9 Å². The predicted molar refractivity (Wildman–Crippen MR) is 155 cm³/mol. The molecule has 2 fully saturated rings. The van der Waals surface area contributed by atoms with E-state index >= 15 is 0 Å². The van der Waals surface area contributed by atoms with E-state index < -0.39 is 23.8 Å². The first kappa shape index (κ1) is 30.7. The highest BCUT2D eigenvalue weighted by Crippen LogP contribution is 2.45. The molecule has 5 rings (SSSR count). The number of piperidine rings is 1. The van der Waals surface area contributed by atoms with Crippen molar-refractivity contribution in [3.05, 3.63) is 89.5 Å². The molecule has 0 radical (unpaired) electrons. The summed E-state index contributed by atoms with van der Waals surface area (Å²) < 4.78 is 60.6. The minimum atomic E-state index is -4.30. The number of rotatable bonds is 14. The van der Waals surface area contributed by atoms with Gasteiger partial charge in [0, 0.05) is 38.6 Å². The van der Waals surface area contributed by atoms with Gasteiger partial charge in [0.2, 0.25) is 0 Å². The number of halogens is 3. The molecule has 10 heteroatoms. The molecule has 0 amide bonds. The fourth-order valence-electron chi connectivity index (χ4n) is 5.66. The highest BCUT2D eigenvalue weighted by Gasteiger charge is 2.55. The van der Waals surface area contributed by atoms with Crippen molar-refractivity contribution >= 4 is 5.97 Å². The Morgan fingerprint density at radius 3 is 2.12 bits per heavy atom. The highest BCUT2D eigenvalue weighted by molar-refractivity contribution is 5.75. The number of ether oxygens (including phenoxy) is 4. The topological polar surface area (TPSA) is 69.3 Å². The minimum Gasteiger partial charge on any atom is -0.497 e. The van der Waals surface area contributed by atoms with Crippen LogP contribution in [0.5, 0.6) is 17.2 Å². The number of hydrogen-bond donors (Lipinski definition) is 1. The summed E-state index contributed by atoms with van der Waals surface area (Å²) in [4.78, 5) is 14.9. The molecule has 1 N–H and O–H groups in total. The third-order valence-corrected chi connectivity index (χ3v) is 7.94. The van der Waals surface area contributed by atoms with Crippen LogP contribution in [0.25, 0.3) is 0 Å². The summed E-state index contributed by atoms with van der Waals surface area (Å²) in [6.07, 6.45) is -4.73. The number of alkyl halides is 3. The Bertz CT molecular complexity index is 1320. The van der Waals surface area contributed by atoms with Crippen LogP contribution in [0.3, 0.4) is 0 Å². The van der Waals surface area contributed by atoms with Crippen molar-refractivity contribution in [1.82, 2.24) is 10.2 Å². The Hall–Kier alpha value is -3.76. The largest absolute Gasteiger partial charge is 0.497 e. The summed E-state index contributed by atoms with van der Waals surface area (Å²) >= 11 is 0. The van der Waals surface area contributed by atoms with Gasteiger partial charge >= 0.3 is 12.1 Å². The third kappa shape index (κ3) is 8.20. The van der Waals surface area contributed by atoms with Gasteiger partial charge in [0.05, 0.1) is 19.3 Å². The van der Waals surface area contributed by atoms with Crippen molar-refractivity contribution in [2.75, 3.05) is 40.0 Å². The zero-order valence-electron chi connectivity index (χ0n) is 24.3. The second kappa shape index (κ2) is 13.7. The molecule has 1 aliphatic heterocycles. The summed E-state index contributed by atoms with van der Waals surface area (Å²) in [6, 6.07) is 20.6. The van der Waals surface area contributed by atoms with Crippen LogP contribution in [0, 0.1) is 11.8 Å². The number of carbonyl (C=O) groups excluding carboxylic acids is 1. The van der Waals surface area contributed by atoms with Gasteiger partial charge in [-0.25, -0.2) is 4.79 Å². The van der Waals surface area contributed by atoms with Crippen LogP contribution in [0.2, 0.25) is 0 Å². The third-order valence-electron chi connectivity index (χ3n) is 7.94. The summed E-state index contributed by atoms with van der Waals surface area (Å²) in [6.45, 7) is 5.84. The number of methoxy groups -OCH3 is 1. The Kier molecular flexibility index (Phi) is 9.77. The first-order valence-corrected chi connectivity index (χ1v) is 14.5. The van der Waals surface area contributed by atoms with Crippen molar-refractivity contribution < 1.29 is 36.9 Å². The minimum absolute atomic E-state index is 0.269. The first-order valence-electron chi connectivity index (χ1n) is 14.5. The SMILES string of the molecule is CCOC(=O)[C@H](Cc1ccc(OCCN[C@H]2C3CN(Cc4ccc(C(F)(F)F)cc4)C[C@@H]32)cc1)Oc1ccc(OC)cc1. The molecule has 230 valence electrons. The van der Waals surface area contributed by atoms with Gasteiger partial charge in [0.15, 0.2) is 6.10 Å². The van der Waals surface area contributed by atoms with Crippen LogP contribution in [-0.2, 0) is 28.7 Å². The van der Waals surface area contributed by atoms with E-state index in [0.29, 0.717) is 48.9 Å². The molecule has 1 saturated heterocycles. The number of carbonyl (C=O) groups is 1. The Balaban J connectivity index is 1.01. The maximum Gasteiger partial charge on any atom is 0.416 e. The van der Waals surface area contributed by atoms with Crippen LogP contribution in [-0.4, -0.2) is 63.0 Å². The van der Waals surface area contributed by atoms with Crippen LogP contribution in [0.15, 0.2) is 72.8 Å². The van der Waals surface area contributed by atoms with E-state index in [2.05, 4.69) is 10.2 Å². The molecule has 1 saturated carbocycles. The average molecular weight is 599 g/mol. The molecule has 4 atom stereocenters. The molecule has 0 bridgehead atoms. The van der Waals surface area contributed by atoms with E-state index in [0.717, 1.165) is 48.6 Å². The zero-order chi connectivity index (χ0) is 30.4. The second-order valence-corrected chi connectivity index (χ2v) is 10.9. The summed E-state index contributed by atoms with van der Waals surface area (Å²) in [5, 5.41) is 3.58. The highest BCUT2D eigenvalue weighted by atomic mass is 19.4. The lowest BCUT2D eigenvalue weighted by Crippen LogP contribution is -2.33. The average Bonchev–Trinajstić information content (AvgIpc) is 3.45. The molecular formula is C33H37F3N2O5. The standard InChI is InChI=1S/C33H37F3N2O5/c1-3-41-32(39)30(43-27-14-12-25(40-2)13-15-27)18-22-6-10-26(11-7-22)42-17-16-37-31-28-20-38(21-29(28)31)19-23-4-8-24(9-5-23)33(34,35)36/h4-15,28-31,37H,3,16-21H2,1-2H3/t28-,29?,30-,31+/m0/s1. The molecule has 1 aliphatic carbocycles. The van der Waals surface area contributed by atoms with Crippen LogP contribution in [0.1, 0.15) is 23.6 Å². The Morgan fingerprint density at radius 2 is 1.51 bits per heavy atom. The van der Waals surface area contributed by atoms with Crippen LogP contribution < -0.4 is 19.5 Å². The number of fused-ring (bicyclic) bond motifs is 1. The van der Waals surface area contributed by atoms with Crippen molar-refractivity contribution in [2.24, 2.45) is 11.8 Å². The van der Waals surface area contributed by atoms with Gasteiger partial charge in [-0.1, -0.05) is 24.3 Å². The Labute approximate surface area is 249 Å². The summed E-state index contributed by atoms with van der Waals surface area (Å²) in [5.41, 5.74) is 1.21. The molecule has 0 aromatic heterocycles. The van der Waals surface area contributed by atoms with Gasteiger partial charge < -0.3 is 24.3 Å². The van der Waals surface area contributed by atoms with Gasteiger partial charge in [0.1, 0.15) is 23.9 Å². The van der Waals surface area contributed by atoms with E-state index in [-0.39, 0.29) is 6.61 Å². The summed E-state index contributed by atoms with van der Waals surface area (Å²) in [7, 11) is 1.59. The van der Waals surface area contributed by atoms with Crippen molar-refractivity contribution in [1.29, 1.82) is 0 Å². The lowest BCUT2D eigenvalue weighted by Gasteiger charge is -2.20. The van der Waals surface area contributed by atoms with E-state index in [1.165, 1.54) is 0 Å². The second-order valence-electron chi connectivity index (χ2n) is 10.9. The molecule has 1 heterocycles. The number of nitrogens with zero attached hydrogens (tertiary/aromatic N) is 1. The molecule has 0 spiro atoms. The quantitative estimate of drug-likeness (QED) is 0.198.